The summed E-state index contributed by atoms with van der Waals surface area (Å²) in [5, 5.41) is 7.60. The van der Waals surface area contributed by atoms with E-state index < -0.39 is 24.0 Å². The summed E-state index contributed by atoms with van der Waals surface area (Å²) in [6, 6.07) is 20.8. The molecule has 0 aliphatic rings. The van der Waals surface area contributed by atoms with Crippen LogP contribution in [-0.4, -0.2) is 59.1 Å². The predicted molar refractivity (Wildman–Crippen MR) is 163 cm³/mol. The van der Waals surface area contributed by atoms with E-state index in [4.69, 9.17) is 9.26 Å². The number of likely N-dealkylation sites (N-methyl/N-ethyl adjacent to an activating group) is 1. The number of rotatable bonds is 10. The summed E-state index contributed by atoms with van der Waals surface area (Å²) in [6.45, 7) is 3.85. The van der Waals surface area contributed by atoms with Crippen molar-refractivity contribution in [1.29, 1.82) is 0 Å². The van der Waals surface area contributed by atoms with Crippen LogP contribution in [0.15, 0.2) is 89.7 Å². The summed E-state index contributed by atoms with van der Waals surface area (Å²) in [4.78, 5) is 45.2. The van der Waals surface area contributed by atoms with E-state index >= 15 is 0 Å². The molecule has 5 rings (SSSR count). The highest BCUT2D eigenvalue weighted by atomic mass is 16.5. The van der Waals surface area contributed by atoms with Gasteiger partial charge in [-0.1, -0.05) is 64.8 Å². The highest BCUT2D eigenvalue weighted by Crippen LogP contribution is 2.22. The number of methoxy groups -OCH3 is 1. The number of aryl methyl sites for hydroxylation is 2. The second-order valence-corrected chi connectivity index (χ2v) is 10.7. The molecule has 0 fully saturated rings. The molecule has 2 amide bonds. The summed E-state index contributed by atoms with van der Waals surface area (Å²) < 4.78 is 10.3. The van der Waals surface area contributed by atoms with Crippen LogP contribution in [0.2, 0.25) is 0 Å². The zero-order valence-electron chi connectivity index (χ0n) is 24.6. The number of carbonyl (C=O) groups excluding carboxylic acids is 3. The number of hydrogen-bond donors (Lipinski definition) is 2. The maximum atomic E-state index is 14.0. The average Bonchev–Trinajstić information content (AvgIpc) is 3.69. The number of hydrogen-bond acceptors (Lipinski definition) is 6. The number of aromatic amines is 1. The maximum Gasteiger partial charge on any atom is 0.328 e. The van der Waals surface area contributed by atoms with Gasteiger partial charge in [0.05, 0.1) is 13.3 Å². The minimum Gasteiger partial charge on any atom is -0.467 e. The van der Waals surface area contributed by atoms with Crippen LogP contribution in [0.3, 0.4) is 0 Å². The van der Waals surface area contributed by atoms with E-state index in [1.807, 2.05) is 74.6 Å². The molecule has 2 unspecified atom stereocenters. The SMILES string of the molecule is COC(=O)C(Cc1c[nH]c2ccccc12)NC(=O)C(Cc1ccc(-c2ccno2)cc1)N(C)C(=O)c1cc(C)cc(C)c1. The van der Waals surface area contributed by atoms with Gasteiger partial charge in [-0.05, 0) is 43.2 Å². The number of aromatic nitrogens is 2. The van der Waals surface area contributed by atoms with Gasteiger partial charge in [-0.15, -0.1) is 0 Å². The molecule has 0 bridgehead atoms. The molecule has 2 heterocycles. The number of nitrogens with zero attached hydrogens (tertiary/aromatic N) is 2. The molecule has 220 valence electrons. The van der Waals surface area contributed by atoms with Crippen LogP contribution < -0.4 is 5.32 Å². The Labute approximate surface area is 249 Å². The molecular weight excluding hydrogens is 544 g/mol. The second kappa shape index (κ2) is 12.8. The Morgan fingerprint density at radius 2 is 1.70 bits per heavy atom. The van der Waals surface area contributed by atoms with E-state index in [1.54, 1.807) is 31.4 Å². The monoisotopic (exact) mass is 578 g/mol. The number of H-pyrrole nitrogens is 1. The quantitative estimate of drug-likeness (QED) is 0.225. The lowest BCUT2D eigenvalue weighted by Crippen LogP contribution is -2.53. The Morgan fingerprint density at radius 3 is 2.37 bits per heavy atom. The van der Waals surface area contributed by atoms with Crippen molar-refractivity contribution < 1.29 is 23.6 Å². The molecule has 0 spiro atoms. The number of benzene rings is 3. The minimum atomic E-state index is -0.960. The first-order valence-corrected chi connectivity index (χ1v) is 14.0. The molecule has 9 nitrogen and oxygen atoms in total. The average molecular weight is 579 g/mol. The fraction of sp³-hybridized carbons (Fsp3) is 0.235. The van der Waals surface area contributed by atoms with E-state index in [0.717, 1.165) is 38.7 Å². The third-order valence-corrected chi connectivity index (χ3v) is 7.57. The Morgan fingerprint density at radius 1 is 0.977 bits per heavy atom. The lowest BCUT2D eigenvalue weighted by molar-refractivity contribution is -0.145. The van der Waals surface area contributed by atoms with Crippen LogP contribution in [0.1, 0.15) is 32.6 Å². The molecule has 0 aliphatic heterocycles. The standard InChI is InChI=1S/C34H34N4O5/c1-21-15-22(2)17-25(16-21)33(40)38(3)30(18-23-9-11-24(12-10-23)31-13-14-36-43-31)32(39)37-29(34(41)42-4)19-26-20-35-28-8-6-5-7-27(26)28/h5-17,20,29-30,35H,18-19H2,1-4H3,(H,37,39). The number of fused-ring (bicyclic) bond motifs is 1. The van der Waals surface area contributed by atoms with Gasteiger partial charge in [0, 0.05) is 54.2 Å². The smallest absolute Gasteiger partial charge is 0.328 e. The molecule has 0 saturated heterocycles. The number of nitrogens with one attached hydrogen (secondary N) is 2. The van der Waals surface area contributed by atoms with Crippen LogP contribution >= 0.6 is 0 Å². The highest BCUT2D eigenvalue weighted by molar-refractivity contribution is 5.98. The van der Waals surface area contributed by atoms with Crippen LogP contribution in [0.4, 0.5) is 0 Å². The third kappa shape index (κ3) is 6.67. The van der Waals surface area contributed by atoms with Gasteiger partial charge in [0.15, 0.2) is 5.76 Å². The van der Waals surface area contributed by atoms with E-state index in [-0.39, 0.29) is 18.7 Å². The maximum absolute atomic E-state index is 14.0. The fourth-order valence-electron chi connectivity index (χ4n) is 5.37. The molecular formula is C34H34N4O5. The van der Waals surface area contributed by atoms with Gasteiger partial charge in [0.25, 0.3) is 5.91 Å². The van der Waals surface area contributed by atoms with Crippen LogP contribution in [-0.2, 0) is 27.2 Å². The summed E-state index contributed by atoms with van der Waals surface area (Å²) >= 11 is 0. The molecule has 5 aromatic rings. The molecule has 2 atom stereocenters. The number of amides is 2. The number of carbonyl (C=O) groups is 3. The van der Waals surface area contributed by atoms with E-state index in [9.17, 15) is 14.4 Å². The Kier molecular flexibility index (Phi) is 8.71. The minimum absolute atomic E-state index is 0.218. The lowest BCUT2D eigenvalue weighted by atomic mass is 9.99. The molecule has 0 saturated carbocycles. The van der Waals surface area contributed by atoms with Crippen molar-refractivity contribution in [3.63, 3.8) is 0 Å². The number of ether oxygens (including phenoxy) is 1. The molecule has 3 aromatic carbocycles. The zero-order chi connectivity index (χ0) is 30.5. The van der Waals surface area contributed by atoms with Crippen molar-refractivity contribution in [3.8, 4) is 11.3 Å². The Bertz CT molecular complexity index is 1720. The Hall–Kier alpha value is -5.18. The number of esters is 1. The molecule has 0 radical (unpaired) electrons. The van der Waals surface area contributed by atoms with Crippen molar-refractivity contribution in [2.24, 2.45) is 0 Å². The third-order valence-electron chi connectivity index (χ3n) is 7.57. The van der Waals surface area contributed by atoms with Gasteiger partial charge in [0.1, 0.15) is 12.1 Å². The highest BCUT2D eigenvalue weighted by Gasteiger charge is 2.32. The normalized spacial score (nSPS) is 12.5. The van der Waals surface area contributed by atoms with Crippen molar-refractivity contribution >= 4 is 28.7 Å². The van der Waals surface area contributed by atoms with Crippen LogP contribution in [0.5, 0.6) is 0 Å². The Balaban J connectivity index is 1.43. The second-order valence-electron chi connectivity index (χ2n) is 10.7. The molecule has 2 aromatic heterocycles. The fourth-order valence-corrected chi connectivity index (χ4v) is 5.37. The molecule has 9 heteroatoms. The summed E-state index contributed by atoms with van der Waals surface area (Å²) in [5.41, 5.74) is 5.85. The van der Waals surface area contributed by atoms with E-state index in [2.05, 4.69) is 15.5 Å². The zero-order valence-corrected chi connectivity index (χ0v) is 24.6. The van der Waals surface area contributed by atoms with E-state index in [0.29, 0.717) is 11.3 Å². The van der Waals surface area contributed by atoms with Gasteiger partial charge in [-0.3, -0.25) is 9.59 Å². The van der Waals surface area contributed by atoms with Gasteiger partial charge >= 0.3 is 5.97 Å². The molecule has 43 heavy (non-hydrogen) atoms. The largest absolute Gasteiger partial charge is 0.467 e. The predicted octanol–water partition coefficient (Wildman–Crippen LogP) is 5.02. The summed E-state index contributed by atoms with van der Waals surface area (Å²) in [7, 11) is 2.90. The van der Waals surface area contributed by atoms with Crippen molar-refractivity contribution in [2.75, 3.05) is 14.2 Å². The van der Waals surface area contributed by atoms with E-state index in [1.165, 1.54) is 12.0 Å². The van der Waals surface area contributed by atoms with Gasteiger partial charge < -0.3 is 24.5 Å². The first-order valence-electron chi connectivity index (χ1n) is 14.0. The summed E-state index contributed by atoms with van der Waals surface area (Å²) in [6.07, 6.45) is 3.84. The van der Waals surface area contributed by atoms with Gasteiger partial charge in [-0.2, -0.15) is 0 Å². The molecule has 2 N–H and O–H groups in total. The van der Waals surface area contributed by atoms with Crippen LogP contribution in [0.25, 0.3) is 22.2 Å². The van der Waals surface area contributed by atoms with Crippen molar-refractivity contribution in [3.05, 3.63) is 113 Å². The van der Waals surface area contributed by atoms with Crippen molar-refractivity contribution in [1.82, 2.24) is 20.4 Å². The summed E-state index contributed by atoms with van der Waals surface area (Å²) in [5.74, 6) is -0.704. The van der Waals surface area contributed by atoms with Crippen molar-refractivity contribution in [2.45, 2.75) is 38.8 Å². The van der Waals surface area contributed by atoms with Gasteiger partial charge in [-0.25, -0.2) is 4.79 Å². The van der Waals surface area contributed by atoms with Gasteiger partial charge in [0.2, 0.25) is 5.91 Å². The lowest BCUT2D eigenvalue weighted by Gasteiger charge is -2.29. The van der Waals surface area contributed by atoms with Crippen LogP contribution in [0, 0.1) is 13.8 Å². The topological polar surface area (TPSA) is 118 Å². The molecule has 0 aliphatic carbocycles. The first-order chi connectivity index (χ1) is 20.7. The first kappa shape index (κ1) is 29.3. The number of para-hydroxylation sites is 1.